The minimum atomic E-state index is -1.07. The second-order valence-electron chi connectivity index (χ2n) is 7.59. The lowest BCUT2D eigenvalue weighted by Gasteiger charge is -2.24. The predicted octanol–water partition coefficient (Wildman–Crippen LogP) is 4.09. The molecule has 0 saturated carbocycles. The van der Waals surface area contributed by atoms with Gasteiger partial charge in [0.2, 0.25) is 0 Å². The Balaban J connectivity index is 1.39. The van der Waals surface area contributed by atoms with E-state index in [0.29, 0.717) is 26.4 Å². The van der Waals surface area contributed by atoms with E-state index >= 15 is 0 Å². The summed E-state index contributed by atoms with van der Waals surface area (Å²) in [5, 5.41) is 10.5. The van der Waals surface area contributed by atoms with Crippen LogP contribution in [0, 0.1) is 0 Å². The number of hydrogen-bond acceptors (Lipinski definition) is 5. The molecular weight excluding hydrogens is 392 g/mol. The Morgan fingerprint density at radius 2 is 1.06 bits per heavy atom. The van der Waals surface area contributed by atoms with Gasteiger partial charge in [0.25, 0.3) is 0 Å². The van der Waals surface area contributed by atoms with Gasteiger partial charge in [-0.15, -0.1) is 0 Å². The second kappa shape index (κ2) is 11.2. The Morgan fingerprint density at radius 1 is 0.613 bits per heavy atom. The molecular formula is C26H28O5. The van der Waals surface area contributed by atoms with Gasteiger partial charge in [0.05, 0.1) is 26.4 Å². The van der Waals surface area contributed by atoms with Crippen molar-refractivity contribution >= 4 is 0 Å². The predicted molar refractivity (Wildman–Crippen MR) is 117 cm³/mol. The van der Waals surface area contributed by atoms with E-state index in [1.54, 1.807) is 0 Å². The molecule has 0 unspecified atom stereocenters. The number of aliphatic hydroxyl groups excluding tert-OH is 1. The normalized spacial score (nSPS) is 23.1. The van der Waals surface area contributed by atoms with Gasteiger partial charge in [-0.1, -0.05) is 91.0 Å². The SMILES string of the molecule is O[C@@H]1O[C@@H](COCc2ccccc2)[C@@H](OCc2ccccc2)[C@@H]1OCc1ccccc1. The van der Waals surface area contributed by atoms with Crippen molar-refractivity contribution in [1.29, 1.82) is 0 Å². The zero-order chi connectivity index (χ0) is 21.3. The van der Waals surface area contributed by atoms with Crippen LogP contribution >= 0.6 is 0 Å². The molecule has 31 heavy (non-hydrogen) atoms. The summed E-state index contributed by atoms with van der Waals surface area (Å²) in [6, 6.07) is 29.8. The molecule has 4 rings (SSSR count). The topological polar surface area (TPSA) is 57.2 Å². The lowest BCUT2D eigenvalue weighted by Crippen LogP contribution is -2.39. The van der Waals surface area contributed by atoms with Crippen LogP contribution in [0.3, 0.4) is 0 Å². The van der Waals surface area contributed by atoms with Crippen LogP contribution in [0.15, 0.2) is 91.0 Å². The summed E-state index contributed by atoms with van der Waals surface area (Å²) in [5.74, 6) is 0. The number of rotatable bonds is 10. The molecule has 1 aliphatic rings. The highest BCUT2D eigenvalue weighted by Crippen LogP contribution is 2.28. The van der Waals surface area contributed by atoms with Gasteiger partial charge in [-0.25, -0.2) is 0 Å². The molecule has 0 aliphatic carbocycles. The van der Waals surface area contributed by atoms with Crippen LogP contribution < -0.4 is 0 Å². The molecule has 0 amide bonds. The molecule has 1 fully saturated rings. The maximum Gasteiger partial charge on any atom is 0.184 e. The average Bonchev–Trinajstić information content (AvgIpc) is 3.12. The van der Waals surface area contributed by atoms with Crippen LogP contribution in [0.5, 0.6) is 0 Å². The van der Waals surface area contributed by atoms with Gasteiger partial charge in [-0.2, -0.15) is 0 Å². The molecule has 0 aromatic heterocycles. The number of aliphatic hydroxyl groups is 1. The zero-order valence-electron chi connectivity index (χ0n) is 17.4. The number of benzene rings is 3. The average molecular weight is 421 g/mol. The van der Waals surface area contributed by atoms with Crippen LogP contribution in [-0.2, 0) is 38.8 Å². The molecule has 162 valence electrons. The molecule has 3 aromatic rings. The van der Waals surface area contributed by atoms with Crippen LogP contribution in [0.1, 0.15) is 16.7 Å². The Bertz CT molecular complexity index is 887. The maximum absolute atomic E-state index is 10.5. The van der Waals surface area contributed by atoms with Crippen molar-refractivity contribution in [2.24, 2.45) is 0 Å². The third kappa shape index (κ3) is 6.23. The van der Waals surface area contributed by atoms with Gasteiger partial charge < -0.3 is 24.1 Å². The van der Waals surface area contributed by atoms with Crippen molar-refractivity contribution < 1.29 is 24.1 Å². The first-order valence-electron chi connectivity index (χ1n) is 10.6. The highest BCUT2D eigenvalue weighted by atomic mass is 16.7. The zero-order valence-corrected chi connectivity index (χ0v) is 17.4. The minimum Gasteiger partial charge on any atom is -0.374 e. The van der Waals surface area contributed by atoms with E-state index in [4.69, 9.17) is 18.9 Å². The van der Waals surface area contributed by atoms with Gasteiger partial charge in [0.15, 0.2) is 6.29 Å². The van der Waals surface area contributed by atoms with Crippen LogP contribution in [0.4, 0.5) is 0 Å². The van der Waals surface area contributed by atoms with E-state index in [0.717, 1.165) is 16.7 Å². The maximum atomic E-state index is 10.5. The molecule has 0 radical (unpaired) electrons. The molecule has 1 heterocycles. The Kier molecular flexibility index (Phi) is 7.82. The van der Waals surface area contributed by atoms with Crippen LogP contribution in [-0.4, -0.2) is 36.3 Å². The van der Waals surface area contributed by atoms with E-state index in [2.05, 4.69) is 0 Å². The summed E-state index contributed by atoms with van der Waals surface area (Å²) >= 11 is 0. The van der Waals surface area contributed by atoms with E-state index in [1.165, 1.54) is 0 Å². The second-order valence-corrected chi connectivity index (χ2v) is 7.59. The van der Waals surface area contributed by atoms with Crippen molar-refractivity contribution in [3.63, 3.8) is 0 Å². The molecule has 1 N–H and O–H groups in total. The van der Waals surface area contributed by atoms with E-state index in [1.807, 2.05) is 91.0 Å². The van der Waals surface area contributed by atoms with Gasteiger partial charge in [-0.3, -0.25) is 0 Å². The lowest BCUT2D eigenvalue weighted by atomic mass is 10.1. The van der Waals surface area contributed by atoms with Gasteiger partial charge in [0, 0.05) is 0 Å². The van der Waals surface area contributed by atoms with Crippen LogP contribution in [0.2, 0.25) is 0 Å². The summed E-state index contributed by atoms with van der Waals surface area (Å²) in [5.41, 5.74) is 3.16. The molecule has 1 aliphatic heterocycles. The molecule has 3 aromatic carbocycles. The summed E-state index contributed by atoms with van der Waals surface area (Å²) in [6.45, 7) is 1.55. The van der Waals surface area contributed by atoms with E-state index < -0.39 is 24.6 Å². The van der Waals surface area contributed by atoms with Crippen LogP contribution in [0.25, 0.3) is 0 Å². The largest absolute Gasteiger partial charge is 0.374 e. The van der Waals surface area contributed by atoms with E-state index in [-0.39, 0.29) is 0 Å². The fraction of sp³-hybridized carbons (Fsp3) is 0.308. The Labute approximate surface area is 183 Å². The molecule has 5 heteroatoms. The third-order valence-corrected chi connectivity index (χ3v) is 5.25. The van der Waals surface area contributed by atoms with Crippen molar-refractivity contribution in [2.45, 2.75) is 44.4 Å². The first-order chi connectivity index (χ1) is 15.3. The van der Waals surface area contributed by atoms with Gasteiger partial charge in [0.1, 0.15) is 18.3 Å². The van der Waals surface area contributed by atoms with E-state index in [9.17, 15) is 5.11 Å². The summed E-state index contributed by atoms with van der Waals surface area (Å²) in [6.07, 6.45) is -2.55. The first kappa shape index (κ1) is 21.7. The monoisotopic (exact) mass is 420 g/mol. The molecule has 0 bridgehead atoms. The Morgan fingerprint density at radius 3 is 1.58 bits per heavy atom. The third-order valence-electron chi connectivity index (χ3n) is 5.25. The van der Waals surface area contributed by atoms with Crippen molar-refractivity contribution in [3.8, 4) is 0 Å². The highest BCUT2D eigenvalue weighted by molar-refractivity contribution is 5.15. The fourth-order valence-corrected chi connectivity index (χ4v) is 3.62. The summed E-state index contributed by atoms with van der Waals surface area (Å²) in [7, 11) is 0. The smallest absolute Gasteiger partial charge is 0.184 e. The standard InChI is InChI=1S/C26H28O5/c27-26-25(30-18-22-14-8-3-9-15-22)24(29-17-21-12-6-2-7-13-21)23(31-26)19-28-16-20-10-4-1-5-11-20/h1-15,23-27H,16-19H2/t23-,24+,25-,26+/m0/s1. The van der Waals surface area contributed by atoms with Crippen molar-refractivity contribution in [2.75, 3.05) is 6.61 Å². The molecule has 0 spiro atoms. The molecule has 1 saturated heterocycles. The van der Waals surface area contributed by atoms with Gasteiger partial charge in [-0.05, 0) is 16.7 Å². The minimum absolute atomic E-state index is 0.302. The quantitative estimate of drug-likeness (QED) is 0.535. The van der Waals surface area contributed by atoms with Crippen molar-refractivity contribution in [1.82, 2.24) is 0 Å². The Hall–Kier alpha value is -2.54. The lowest BCUT2D eigenvalue weighted by molar-refractivity contribution is -0.153. The van der Waals surface area contributed by atoms with Gasteiger partial charge >= 0.3 is 0 Å². The summed E-state index contributed by atoms with van der Waals surface area (Å²) < 4.78 is 23.9. The molecule has 4 atom stereocenters. The number of ether oxygens (including phenoxy) is 4. The first-order valence-corrected chi connectivity index (χ1v) is 10.6. The summed E-state index contributed by atoms with van der Waals surface area (Å²) in [4.78, 5) is 0. The highest BCUT2D eigenvalue weighted by Gasteiger charge is 2.45. The fourth-order valence-electron chi connectivity index (χ4n) is 3.62. The molecule has 5 nitrogen and oxygen atoms in total. The van der Waals surface area contributed by atoms with Crippen molar-refractivity contribution in [3.05, 3.63) is 108 Å². The number of hydrogen-bond donors (Lipinski definition) is 1.